The molecule has 3 aromatic rings. The molecule has 2 fully saturated rings. The average Bonchev–Trinajstić information content (AvgIpc) is 3.39. The second-order valence-electron chi connectivity index (χ2n) is 8.92. The standard InChI is InChI=1S/C28H27NO/c1-4-10-22(11-5-1)28(23-12-6-2-7-13-23,24-14-8-3-9-15-24)29-19-17-25-20-26-16-18-27(25,21-29)30-26/h1-16,18,25-26H,17,19-21H2/t25-,26-,27-/m1/s1. The summed E-state index contributed by atoms with van der Waals surface area (Å²) in [5.41, 5.74) is 3.46. The van der Waals surface area contributed by atoms with Crippen molar-refractivity contribution in [1.82, 2.24) is 4.90 Å². The number of likely N-dealkylation sites (tertiary alicyclic amines) is 1. The Balaban J connectivity index is 1.58. The van der Waals surface area contributed by atoms with Gasteiger partial charge in [-0.2, -0.15) is 0 Å². The number of nitrogens with zero attached hydrogens (tertiary/aromatic N) is 1. The van der Waals surface area contributed by atoms with Gasteiger partial charge in [0.25, 0.3) is 0 Å². The molecule has 0 aromatic heterocycles. The van der Waals surface area contributed by atoms with Gasteiger partial charge in [-0.25, -0.2) is 0 Å². The molecule has 2 saturated heterocycles. The van der Waals surface area contributed by atoms with Crippen LogP contribution >= 0.6 is 0 Å². The van der Waals surface area contributed by atoms with Gasteiger partial charge in [-0.3, -0.25) is 4.90 Å². The van der Waals surface area contributed by atoms with Gasteiger partial charge in [-0.05, 0) is 35.4 Å². The SMILES string of the molecule is C1=C[C@@]23CN(C(c4ccccc4)(c4ccccc4)c4ccccc4)CC[C@@H]2C[C@@H]1O3. The van der Waals surface area contributed by atoms with Crippen LogP contribution in [0.1, 0.15) is 29.5 Å². The van der Waals surface area contributed by atoms with Crippen molar-refractivity contribution in [1.29, 1.82) is 0 Å². The molecule has 2 heteroatoms. The number of fused-ring (bicyclic) bond motifs is 1. The van der Waals surface area contributed by atoms with Gasteiger partial charge in [0.2, 0.25) is 0 Å². The fourth-order valence-electron chi connectivity index (χ4n) is 6.11. The largest absolute Gasteiger partial charge is 0.362 e. The first-order chi connectivity index (χ1) is 14.8. The molecule has 0 unspecified atom stereocenters. The van der Waals surface area contributed by atoms with Crippen LogP contribution in [0.2, 0.25) is 0 Å². The van der Waals surface area contributed by atoms with Crippen molar-refractivity contribution in [2.75, 3.05) is 13.1 Å². The quantitative estimate of drug-likeness (QED) is 0.435. The van der Waals surface area contributed by atoms with Crippen LogP contribution in [0.4, 0.5) is 0 Å². The number of hydrogen-bond donors (Lipinski definition) is 0. The van der Waals surface area contributed by atoms with Gasteiger partial charge in [-0.1, -0.05) is 103 Å². The van der Waals surface area contributed by atoms with Crippen molar-refractivity contribution in [3.05, 3.63) is 120 Å². The second-order valence-corrected chi connectivity index (χ2v) is 8.92. The Morgan fingerprint density at radius 2 is 1.30 bits per heavy atom. The van der Waals surface area contributed by atoms with Crippen LogP contribution in [0, 0.1) is 5.92 Å². The van der Waals surface area contributed by atoms with E-state index < -0.39 is 0 Å². The lowest BCUT2D eigenvalue weighted by Gasteiger charge is -2.52. The molecule has 2 nitrogen and oxygen atoms in total. The first-order valence-electron chi connectivity index (χ1n) is 11.1. The lowest BCUT2D eigenvalue weighted by molar-refractivity contribution is -0.0569. The van der Waals surface area contributed by atoms with Crippen molar-refractivity contribution < 1.29 is 4.74 Å². The summed E-state index contributed by atoms with van der Waals surface area (Å²) >= 11 is 0. The van der Waals surface area contributed by atoms with Gasteiger partial charge in [0.1, 0.15) is 5.60 Å². The molecule has 3 aromatic carbocycles. The van der Waals surface area contributed by atoms with Crippen LogP contribution in [0.15, 0.2) is 103 Å². The zero-order valence-electron chi connectivity index (χ0n) is 17.2. The highest BCUT2D eigenvalue weighted by Crippen LogP contribution is 2.52. The third kappa shape index (κ3) is 2.57. The molecule has 3 atom stereocenters. The zero-order valence-corrected chi connectivity index (χ0v) is 17.2. The second kappa shape index (κ2) is 6.94. The van der Waals surface area contributed by atoms with Crippen LogP contribution in [0.5, 0.6) is 0 Å². The molecule has 3 aliphatic rings. The molecule has 3 heterocycles. The van der Waals surface area contributed by atoms with Gasteiger partial charge < -0.3 is 4.74 Å². The summed E-state index contributed by atoms with van der Waals surface area (Å²) in [6, 6.07) is 33.0. The van der Waals surface area contributed by atoms with E-state index in [0.29, 0.717) is 12.0 Å². The van der Waals surface area contributed by atoms with E-state index in [1.165, 1.54) is 29.5 Å². The molecule has 1 spiro atoms. The molecule has 150 valence electrons. The molecule has 6 rings (SSSR count). The van der Waals surface area contributed by atoms with Crippen molar-refractivity contribution in [2.45, 2.75) is 30.1 Å². The Morgan fingerprint density at radius 3 is 1.80 bits per heavy atom. The maximum atomic E-state index is 6.54. The molecule has 30 heavy (non-hydrogen) atoms. The maximum absolute atomic E-state index is 6.54. The Bertz CT molecular complexity index is 949. The van der Waals surface area contributed by atoms with Crippen LogP contribution in [-0.4, -0.2) is 29.7 Å². The maximum Gasteiger partial charge on any atom is 0.103 e. The Labute approximate surface area is 178 Å². The van der Waals surface area contributed by atoms with E-state index in [1.807, 2.05) is 0 Å². The third-order valence-corrected chi connectivity index (χ3v) is 7.41. The highest BCUT2D eigenvalue weighted by atomic mass is 16.5. The zero-order chi connectivity index (χ0) is 20.0. The molecular weight excluding hydrogens is 366 g/mol. The summed E-state index contributed by atoms with van der Waals surface area (Å²) in [4.78, 5) is 2.68. The van der Waals surface area contributed by atoms with Gasteiger partial charge in [0, 0.05) is 13.1 Å². The highest BCUT2D eigenvalue weighted by Gasteiger charge is 2.56. The minimum Gasteiger partial charge on any atom is -0.362 e. The fraction of sp³-hybridized carbons (Fsp3) is 0.286. The number of hydrogen-bond acceptors (Lipinski definition) is 2. The lowest BCUT2D eigenvalue weighted by atomic mass is 9.71. The number of piperidine rings is 1. The van der Waals surface area contributed by atoms with Crippen LogP contribution in [0.3, 0.4) is 0 Å². The summed E-state index contributed by atoms with van der Waals surface area (Å²) < 4.78 is 6.54. The number of benzene rings is 3. The first-order valence-corrected chi connectivity index (χ1v) is 11.1. The predicted octanol–water partition coefficient (Wildman–Crippen LogP) is 5.40. The smallest absolute Gasteiger partial charge is 0.103 e. The molecule has 0 amide bonds. The Kier molecular flexibility index (Phi) is 4.19. The minimum absolute atomic E-state index is 0.132. The normalized spacial score (nSPS) is 27.9. The molecule has 0 N–H and O–H groups in total. The number of ether oxygens (including phenoxy) is 1. The fourth-order valence-corrected chi connectivity index (χ4v) is 6.11. The van der Waals surface area contributed by atoms with E-state index in [9.17, 15) is 0 Å². The van der Waals surface area contributed by atoms with Crippen LogP contribution in [0.25, 0.3) is 0 Å². The lowest BCUT2D eigenvalue weighted by Crippen LogP contribution is -2.59. The molecule has 0 radical (unpaired) electrons. The molecule has 3 aliphatic heterocycles. The van der Waals surface area contributed by atoms with Gasteiger partial charge >= 0.3 is 0 Å². The summed E-state index contributed by atoms with van der Waals surface area (Å²) in [5.74, 6) is 0.642. The molecule has 0 aliphatic carbocycles. The minimum atomic E-state index is -0.346. The monoisotopic (exact) mass is 393 g/mol. The van der Waals surface area contributed by atoms with Gasteiger partial charge in [-0.15, -0.1) is 0 Å². The number of rotatable bonds is 4. The third-order valence-electron chi connectivity index (χ3n) is 7.41. The van der Waals surface area contributed by atoms with E-state index >= 15 is 0 Å². The summed E-state index contributed by atoms with van der Waals surface area (Å²) in [5, 5.41) is 0. The predicted molar refractivity (Wildman–Crippen MR) is 120 cm³/mol. The van der Waals surface area contributed by atoms with E-state index in [1.54, 1.807) is 0 Å². The summed E-state index contributed by atoms with van der Waals surface area (Å²) in [7, 11) is 0. The summed E-state index contributed by atoms with van der Waals surface area (Å²) in [6.07, 6.45) is 7.32. The van der Waals surface area contributed by atoms with Crippen molar-refractivity contribution >= 4 is 0 Å². The van der Waals surface area contributed by atoms with E-state index in [0.717, 1.165) is 13.1 Å². The topological polar surface area (TPSA) is 12.5 Å². The summed E-state index contributed by atoms with van der Waals surface area (Å²) in [6.45, 7) is 1.98. The van der Waals surface area contributed by atoms with Crippen LogP contribution < -0.4 is 0 Å². The molecular formula is C28H27NO. The molecule has 0 saturated carbocycles. The van der Waals surface area contributed by atoms with Gasteiger partial charge in [0.05, 0.1) is 11.6 Å². The van der Waals surface area contributed by atoms with Gasteiger partial charge in [0.15, 0.2) is 0 Å². The van der Waals surface area contributed by atoms with Crippen molar-refractivity contribution in [3.63, 3.8) is 0 Å². The van der Waals surface area contributed by atoms with Crippen LogP contribution in [-0.2, 0) is 10.3 Å². The first kappa shape index (κ1) is 18.1. The highest BCUT2D eigenvalue weighted by molar-refractivity contribution is 5.50. The Hall–Kier alpha value is -2.68. The van der Waals surface area contributed by atoms with E-state index in [4.69, 9.17) is 4.74 Å². The van der Waals surface area contributed by atoms with Crippen molar-refractivity contribution in [3.8, 4) is 0 Å². The molecule has 2 bridgehead atoms. The van der Waals surface area contributed by atoms with E-state index in [-0.39, 0.29) is 11.1 Å². The Morgan fingerprint density at radius 1 is 0.767 bits per heavy atom. The average molecular weight is 394 g/mol. The van der Waals surface area contributed by atoms with E-state index in [2.05, 4.69) is 108 Å². The van der Waals surface area contributed by atoms with Crippen molar-refractivity contribution in [2.24, 2.45) is 5.92 Å².